The fourth-order valence-electron chi connectivity index (χ4n) is 2.35. The Labute approximate surface area is 148 Å². The van der Waals surface area contributed by atoms with Gasteiger partial charge in [-0.05, 0) is 35.7 Å². The first-order valence-electron chi connectivity index (χ1n) is 8.30. The zero-order valence-corrected chi connectivity index (χ0v) is 14.8. The van der Waals surface area contributed by atoms with Crippen LogP contribution in [0.4, 0.5) is 5.69 Å². The molecule has 1 atom stereocenters. The van der Waals surface area contributed by atoms with Gasteiger partial charge in [0.15, 0.2) is 0 Å². The maximum atomic E-state index is 12.3. The SMILES string of the molecule is CC(=O)N[C@@H](C(=O)Nc1ccc(OCc2ccccc2)cc1)C(C)C. The summed E-state index contributed by atoms with van der Waals surface area (Å²) in [6.45, 7) is 5.67. The predicted octanol–water partition coefficient (Wildman–Crippen LogP) is 3.36. The molecule has 2 aromatic rings. The zero-order chi connectivity index (χ0) is 18.2. The van der Waals surface area contributed by atoms with Crippen LogP contribution in [0, 0.1) is 5.92 Å². The first kappa shape index (κ1) is 18.5. The molecule has 0 radical (unpaired) electrons. The van der Waals surface area contributed by atoms with E-state index in [1.807, 2.05) is 44.2 Å². The van der Waals surface area contributed by atoms with Crippen molar-refractivity contribution in [3.05, 3.63) is 60.2 Å². The quantitative estimate of drug-likeness (QED) is 0.812. The minimum Gasteiger partial charge on any atom is -0.489 e. The van der Waals surface area contributed by atoms with E-state index in [0.29, 0.717) is 12.3 Å². The van der Waals surface area contributed by atoms with E-state index in [1.165, 1.54) is 6.92 Å². The molecule has 132 valence electrons. The highest BCUT2D eigenvalue weighted by atomic mass is 16.5. The molecule has 25 heavy (non-hydrogen) atoms. The molecular weight excluding hydrogens is 316 g/mol. The number of anilines is 1. The number of carbonyl (C=O) groups is 2. The summed E-state index contributed by atoms with van der Waals surface area (Å²) in [5.41, 5.74) is 1.75. The van der Waals surface area contributed by atoms with Gasteiger partial charge in [-0.1, -0.05) is 44.2 Å². The number of nitrogens with one attached hydrogen (secondary N) is 2. The van der Waals surface area contributed by atoms with Crippen LogP contribution < -0.4 is 15.4 Å². The van der Waals surface area contributed by atoms with E-state index in [1.54, 1.807) is 24.3 Å². The number of benzene rings is 2. The third-order valence-corrected chi connectivity index (χ3v) is 3.68. The van der Waals surface area contributed by atoms with Gasteiger partial charge in [-0.15, -0.1) is 0 Å². The molecule has 0 bridgehead atoms. The molecule has 0 saturated carbocycles. The molecule has 5 nitrogen and oxygen atoms in total. The molecule has 0 aliphatic rings. The lowest BCUT2D eigenvalue weighted by atomic mass is 10.0. The number of ether oxygens (including phenoxy) is 1. The van der Waals surface area contributed by atoms with E-state index in [9.17, 15) is 9.59 Å². The number of hydrogen-bond donors (Lipinski definition) is 2. The lowest BCUT2D eigenvalue weighted by Gasteiger charge is -2.21. The van der Waals surface area contributed by atoms with Gasteiger partial charge in [0.2, 0.25) is 11.8 Å². The van der Waals surface area contributed by atoms with Crippen LogP contribution in [-0.4, -0.2) is 17.9 Å². The van der Waals surface area contributed by atoms with E-state index in [2.05, 4.69) is 10.6 Å². The molecule has 0 aliphatic heterocycles. The molecule has 0 fully saturated rings. The Morgan fingerprint density at radius 1 is 1.00 bits per heavy atom. The zero-order valence-electron chi connectivity index (χ0n) is 14.8. The predicted molar refractivity (Wildman–Crippen MR) is 98.3 cm³/mol. The minimum absolute atomic E-state index is 0.00243. The number of rotatable bonds is 7. The smallest absolute Gasteiger partial charge is 0.247 e. The highest BCUT2D eigenvalue weighted by Gasteiger charge is 2.22. The maximum Gasteiger partial charge on any atom is 0.247 e. The summed E-state index contributed by atoms with van der Waals surface area (Å²) in [5, 5.41) is 5.49. The second-order valence-electron chi connectivity index (χ2n) is 6.21. The Morgan fingerprint density at radius 2 is 1.64 bits per heavy atom. The van der Waals surface area contributed by atoms with Crippen molar-refractivity contribution in [2.75, 3.05) is 5.32 Å². The van der Waals surface area contributed by atoms with Gasteiger partial charge in [0.25, 0.3) is 0 Å². The highest BCUT2D eigenvalue weighted by Crippen LogP contribution is 2.18. The van der Waals surface area contributed by atoms with E-state index < -0.39 is 6.04 Å². The minimum atomic E-state index is -0.563. The van der Waals surface area contributed by atoms with Gasteiger partial charge in [-0.2, -0.15) is 0 Å². The van der Waals surface area contributed by atoms with Crippen molar-refractivity contribution in [3.8, 4) is 5.75 Å². The lowest BCUT2D eigenvalue weighted by Crippen LogP contribution is -2.46. The molecule has 0 aliphatic carbocycles. The van der Waals surface area contributed by atoms with Crippen LogP contribution in [0.2, 0.25) is 0 Å². The summed E-state index contributed by atoms with van der Waals surface area (Å²) in [5.74, 6) is 0.267. The monoisotopic (exact) mass is 340 g/mol. The van der Waals surface area contributed by atoms with Crippen LogP contribution in [0.1, 0.15) is 26.3 Å². The fraction of sp³-hybridized carbons (Fsp3) is 0.300. The summed E-state index contributed by atoms with van der Waals surface area (Å²) < 4.78 is 5.72. The van der Waals surface area contributed by atoms with Crippen LogP contribution in [0.25, 0.3) is 0 Å². The van der Waals surface area contributed by atoms with E-state index in [0.717, 1.165) is 11.3 Å². The largest absolute Gasteiger partial charge is 0.489 e. The molecule has 2 N–H and O–H groups in total. The molecule has 0 saturated heterocycles. The van der Waals surface area contributed by atoms with E-state index in [4.69, 9.17) is 4.74 Å². The maximum absolute atomic E-state index is 12.3. The molecule has 2 amide bonds. The number of hydrogen-bond acceptors (Lipinski definition) is 3. The van der Waals surface area contributed by atoms with Crippen molar-refractivity contribution < 1.29 is 14.3 Å². The van der Waals surface area contributed by atoms with Crippen molar-refractivity contribution in [2.45, 2.75) is 33.4 Å². The summed E-state index contributed by atoms with van der Waals surface area (Å²) in [6.07, 6.45) is 0. The Morgan fingerprint density at radius 3 is 2.20 bits per heavy atom. The fourth-order valence-corrected chi connectivity index (χ4v) is 2.35. The average molecular weight is 340 g/mol. The standard InChI is InChI=1S/C20H24N2O3/c1-14(2)19(21-15(3)23)20(24)22-17-9-11-18(12-10-17)25-13-16-7-5-4-6-8-16/h4-12,14,19H,13H2,1-3H3,(H,21,23)(H,22,24)/t19-/m1/s1. The van der Waals surface area contributed by atoms with Gasteiger partial charge in [-0.25, -0.2) is 0 Å². The Hall–Kier alpha value is -2.82. The van der Waals surface area contributed by atoms with Crippen molar-refractivity contribution in [2.24, 2.45) is 5.92 Å². The molecule has 2 rings (SSSR count). The Bertz CT molecular complexity index is 697. The summed E-state index contributed by atoms with van der Waals surface area (Å²) in [7, 11) is 0. The van der Waals surface area contributed by atoms with Crippen molar-refractivity contribution in [1.29, 1.82) is 0 Å². The van der Waals surface area contributed by atoms with Gasteiger partial charge in [0.05, 0.1) is 0 Å². The lowest BCUT2D eigenvalue weighted by molar-refractivity contribution is -0.126. The van der Waals surface area contributed by atoms with Crippen molar-refractivity contribution in [1.82, 2.24) is 5.32 Å². The van der Waals surface area contributed by atoms with Gasteiger partial charge in [0.1, 0.15) is 18.4 Å². The molecule has 0 unspecified atom stereocenters. The number of carbonyl (C=O) groups excluding carboxylic acids is 2. The summed E-state index contributed by atoms with van der Waals surface area (Å²) in [6, 6.07) is 16.5. The average Bonchev–Trinajstić information content (AvgIpc) is 2.59. The number of amides is 2. The Kier molecular flexibility index (Phi) is 6.57. The highest BCUT2D eigenvalue weighted by molar-refractivity contribution is 5.97. The third kappa shape index (κ3) is 5.95. The topological polar surface area (TPSA) is 67.4 Å². The van der Waals surface area contributed by atoms with Crippen LogP contribution in [0.5, 0.6) is 5.75 Å². The van der Waals surface area contributed by atoms with Crippen LogP contribution >= 0.6 is 0 Å². The Balaban J connectivity index is 1.92. The third-order valence-electron chi connectivity index (χ3n) is 3.68. The molecule has 0 heterocycles. The van der Waals surface area contributed by atoms with Gasteiger partial charge < -0.3 is 15.4 Å². The second-order valence-corrected chi connectivity index (χ2v) is 6.21. The van der Waals surface area contributed by atoms with Gasteiger partial charge in [0, 0.05) is 12.6 Å². The molecule has 0 aromatic heterocycles. The van der Waals surface area contributed by atoms with Gasteiger partial charge in [-0.3, -0.25) is 9.59 Å². The normalized spacial score (nSPS) is 11.7. The van der Waals surface area contributed by atoms with Crippen molar-refractivity contribution in [3.63, 3.8) is 0 Å². The second kappa shape index (κ2) is 8.87. The van der Waals surface area contributed by atoms with Gasteiger partial charge >= 0.3 is 0 Å². The molecular formula is C20H24N2O3. The van der Waals surface area contributed by atoms with Crippen LogP contribution in [0.3, 0.4) is 0 Å². The van der Waals surface area contributed by atoms with Crippen molar-refractivity contribution >= 4 is 17.5 Å². The van der Waals surface area contributed by atoms with E-state index >= 15 is 0 Å². The molecule has 2 aromatic carbocycles. The van der Waals surface area contributed by atoms with Crippen LogP contribution in [0.15, 0.2) is 54.6 Å². The summed E-state index contributed by atoms with van der Waals surface area (Å²) >= 11 is 0. The van der Waals surface area contributed by atoms with E-state index in [-0.39, 0.29) is 17.7 Å². The molecule has 5 heteroatoms. The van der Waals surface area contributed by atoms with Crippen LogP contribution in [-0.2, 0) is 16.2 Å². The summed E-state index contributed by atoms with van der Waals surface area (Å²) in [4.78, 5) is 23.6. The molecule has 0 spiro atoms. The first-order chi connectivity index (χ1) is 12.0. The first-order valence-corrected chi connectivity index (χ1v) is 8.30.